The van der Waals surface area contributed by atoms with E-state index in [0.29, 0.717) is 25.7 Å². The second-order valence-electron chi connectivity index (χ2n) is 8.53. The van der Waals surface area contributed by atoms with Crippen molar-refractivity contribution in [3.63, 3.8) is 0 Å². The van der Waals surface area contributed by atoms with Gasteiger partial charge in [0, 0.05) is 18.8 Å². The smallest absolute Gasteiger partial charge is 0.303 e. The summed E-state index contributed by atoms with van der Waals surface area (Å²) in [5.74, 6) is -1.05. The average Bonchev–Trinajstić information content (AvgIpc) is 2.86. The monoisotopic (exact) mass is 382 g/mol. The van der Waals surface area contributed by atoms with Crippen molar-refractivity contribution in [1.82, 2.24) is 0 Å². The van der Waals surface area contributed by atoms with Gasteiger partial charge in [-0.05, 0) is 37.0 Å². The highest BCUT2D eigenvalue weighted by Gasteiger charge is 2.39. The van der Waals surface area contributed by atoms with E-state index in [1.54, 1.807) is 6.08 Å². The lowest BCUT2D eigenvalue weighted by Gasteiger charge is -2.29. The number of unbranched alkanes of at least 4 members (excludes halogenated alkanes) is 2. The lowest BCUT2D eigenvalue weighted by molar-refractivity contribution is -0.137. The molecule has 156 valence electrons. The van der Waals surface area contributed by atoms with Crippen LogP contribution in [0.3, 0.4) is 0 Å². The first-order valence-electron chi connectivity index (χ1n) is 10.3. The summed E-state index contributed by atoms with van der Waals surface area (Å²) in [6.07, 6.45) is 11.4. The van der Waals surface area contributed by atoms with Gasteiger partial charge in [0.05, 0.1) is 18.3 Å². The topological polar surface area (TPSA) is 98.0 Å². The van der Waals surface area contributed by atoms with Crippen LogP contribution in [0, 0.1) is 17.3 Å². The molecule has 0 aromatic rings. The van der Waals surface area contributed by atoms with E-state index in [0.717, 1.165) is 19.3 Å². The van der Waals surface area contributed by atoms with Crippen LogP contribution in [0.2, 0.25) is 0 Å². The Morgan fingerprint density at radius 3 is 2.52 bits per heavy atom. The summed E-state index contributed by atoms with van der Waals surface area (Å²) in [5.41, 5.74) is -0.214. The van der Waals surface area contributed by atoms with E-state index in [-0.39, 0.29) is 23.7 Å². The van der Waals surface area contributed by atoms with E-state index >= 15 is 0 Å². The molecule has 0 spiro atoms. The molecular formula is C22H38O5. The minimum atomic E-state index is -0.789. The van der Waals surface area contributed by atoms with Crippen molar-refractivity contribution in [2.45, 2.75) is 90.4 Å². The van der Waals surface area contributed by atoms with Crippen LogP contribution in [0.4, 0.5) is 0 Å². The number of rotatable bonds is 12. The van der Waals surface area contributed by atoms with Gasteiger partial charge in [-0.15, -0.1) is 0 Å². The number of carbonyl (C=O) groups is 1. The van der Waals surface area contributed by atoms with Crippen molar-refractivity contribution in [1.29, 1.82) is 0 Å². The summed E-state index contributed by atoms with van der Waals surface area (Å²) in [6, 6.07) is 0. The molecule has 0 radical (unpaired) electrons. The van der Waals surface area contributed by atoms with Gasteiger partial charge in [-0.1, -0.05) is 57.9 Å². The third kappa shape index (κ3) is 8.16. The molecule has 1 aliphatic carbocycles. The third-order valence-corrected chi connectivity index (χ3v) is 5.74. The molecule has 1 rings (SSSR count). The molecule has 1 saturated carbocycles. The predicted octanol–water partition coefficient (Wildman–Crippen LogP) is 3.68. The number of hydrogen-bond acceptors (Lipinski definition) is 4. The highest BCUT2D eigenvalue weighted by Crippen LogP contribution is 2.37. The van der Waals surface area contributed by atoms with Crippen LogP contribution in [-0.2, 0) is 4.79 Å². The number of aliphatic hydroxyl groups excluding tert-OH is 3. The summed E-state index contributed by atoms with van der Waals surface area (Å²) < 4.78 is 0. The number of hydrogen-bond donors (Lipinski definition) is 4. The van der Waals surface area contributed by atoms with E-state index in [4.69, 9.17) is 5.11 Å². The minimum absolute atomic E-state index is 0.0853. The highest BCUT2D eigenvalue weighted by molar-refractivity contribution is 5.66. The Hall–Kier alpha value is -1.17. The first-order chi connectivity index (χ1) is 12.7. The Kier molecular flexibility index (Phi) is 10.3. The fourth-order valence-corrected chi connectivity index (χ4v) is 3.72. The van der Waals surface area contributed by atoms with Gasteiger partial charge in [0.2, 0.25) is 0 Å². The Morgan fingerprint density at radius 1 is 1.19 bits per heavy atom. The summed E-state index contributed by atoms with van der Waals surface area (Å²) in [6.45, 7) is 6.23. The van der Waals surface area contributed by atoms with Gasteiger partial charge in [-0.3, -0.25) is 4.79 Å². The second kappa shape index (κ2) is 11.6. The zero-order valence-electron chi connectivity index (χ0n) is 17.1. The maximum atomic E-state index is 10.5. The molecule has 5 nitrogen and oxygen atoms in total. The van der Waals surface area contributed by atoms with Gasteiger partial charge in [-0.25, -0.2) is 0 Å². The molecule has 0 amide bonds. The standard InChI is InChI=1S/C22H38O5/c1-4-5-14-22(2,3)20(25)13-12-17-16(18(23)15-19(17)24)10-8-6-7-9-11-21(26)27/h6,8,12-13,16-20,23-25H,4-5,7,9-11,14-15H2,1-3H3,(H,26,27)/b8-6+,13-12?/t16-,17-,18+,19-,20-/m1/s1. The Balaban J connectivity index is 2.62. The number of carboxylic acid groups (broad SMARTS) is 1. The van der Waals surface area contributed by atoms with E-state index in [9.17, 15) is 20.1 Å². The lowest BCUT2D eigenvalue weighted by Crippen LogP contribution is -2.28. The maximum absolute atomic E-state index is 10.5. The minimum Gasteiger partial charge on any atom is -0.481 e. The number of carboxylic acids is 1. The van der Waals surface area contributed by atoms with Gasteiger partial charge < -0.3 is 20.4 Å². The molecule has 0 aromatic heterocycles. The molecule has 4 N–H and O–H groups in total. The van der Waals surface area contributed by atoms with Gasteiger partial charge in [-0.2, -0.15) is 0 Å². The molecule has 5 heteroatoms. The summed E-state index contributed by atoms with van der Waals surface area (Å²) in [7, 11) is 0. The lowest BCUT2D eigenvalue weighted by atomic mass is 9.80. The summed E-state index contributed by atoms with van der Waals surface area (Å²) in [5, 5.41) is 39.7. The highest BCUT2D eigenvalue weighted by atomic mass is 16.4. The Labute approximate surface area is 163 Å². The molecular weight excluding hydrogens is 344 g/mol. The first-order valence-corrected chi connectivity index (χ1v) is 10.3. The maximum Gasteiger partial charge on any atom is 0.303 e. The van der Waals surface area contributed by atoms with Crippen LogP contribution in [0.5, 0.6) is 0 Å². The van der Waals surface area contributed by atoms with Gasteiger partial charge in [0.15, 0.2) is 0 Å². The molecule has 0 saturated heterocycles. The van der Waals surface area contributed by atoms with Crippen molar-refractivity contribution >= 4 is 5.97 Å². The van der Waals surface area contributed by atoms with E-state index in [2.05, 4.69) is 20.8 Å². The summed E-state index contributed by atoms with van der Waals surface area (Å²) in [4.78, 5) is 10.5. The number of aliphatic carboxylic acids is 1. The molecule has 5 atom stereocenters. The second-order valence-corrected chi connectivity index (χ2v) is 8.53. The molecule has 0 aliphatic heterocycles. The third-order valence-electron chi connectivity index (χ3n) is 5.74. The average molecular weight is 383 g/mol. The van der Waals surface area contributed by atoms with Crippen molar-refractivity contribution in [2.24, 2.45) is 17.3 Å². The van der Waals surface area contributed by atoms with Crippen molar-refractivity contribution < 1.29 is 25.2 Å². The molecule has 0 heterocycles. The van der Waals surface area contributed by atoms with Gasteiger partial charge in [0.25, 0.3) is 0 Å². The van der Waals surface area contributed by atoms with Crippen LogP contribution in [-0.4, -0.2) is 44.7 Å². The Bertz CT molecular complexity index is 497. The SMILES string of the molecule is CCCCC(C)(C)[C@H](O)C=C[C@@H]1[C@@H](C/C=C/CCCC(=O)O)[C@@H](O)C[C@H]1O. The van der Waals surface area contributed by atoms with Gasteiger partial charge in [0.1, 0.15) is 0 Å². The predicted molar refractivity (Wildman–Crippen MR) is 107 cm³/mol. The van der Waals surface area contributed by atoms with E-state index in [1.165, 1.54) is 0 Å². The quantitative estimate of drug-likeness (QED) is 0.305. The normalized spacial score (nSPS) is 27.6. The van der Waals surface area contributed by atoms with Crippen LogP contribution in [0.15, 0.2) is 24.3 Å². The fourth-order valence-electron chi connectivity index (χ4n) is 3.72. The molecule has 1 fully saturated rings. The molecule has 0 aromatic carbocycles. The summed E-state index contributed by atoms with van der Waals surface area (Å²) >= 11 is 0. The van der Waals surface area contributed by atoms with Crippen molar-refractivity contribution in [3.8, 4) is 0 Å². The Morgan fingerprint density at radius 2 is 1.89 bits per heavy atom. The van der Waals surface area contributed by atoms with Crippen molar-refractivity contribution in [2.75, 3.05) is 0 Å². The largest absolute Gasteiger partial charge is 0.481 e. The van der Waals surface area contributed by atoms with Crippen molar-refractivity contribution in [3.05, 3.63) is 24.3 Å². The van der Waals surface area contributed by atoms with Crippen LogP contribution < -0.4 is 0 Å². The van der Waals surface area contributed by atoms with Crippen LogP contribution in [0.25, 0.3) is 0 Å². The van der Waals surface area contributed by atoms with Gasteiger partial charge >= 0.3 is 5.97 Å². The zero-order valence-corrected chi connectivity index (χ0v) is 17.1. The van der Waals surface area contributed by atoms with Crippen LogP contribution in [0.1, 0.15) is 72.1 Å². The van der Waals surface area contributed by atoms with E-state index in [1.807, 2.05) is 18.2 Å². The van der Waals surface area contributed by atoms with Crippen LogP contribution >= 0.6 is 0 Å². The fraction of sp³-hybridized carbons (Fsp3) is 0.773. The number of aliphatic hydroxyl groups is 3. The molecule has 1 aliphatic rings. The molecule has 27 heavy (non-hydrogen) atoms. The number of allylic oxidation sites excluding steroid dienone is 2. The first kappa shape index (κ1) is 23.9. The molecule has 0 unspecified atom stereocenters. The molecule has 0 bridgehead atoms. The zero-order chi connectivity index (χ0) is 20.4. The van der Waals surface area contributed by atoms with E-state index < -0.39 is 24.3 Å².